The lowest BCUT2D eigenvalue weighted by Crippen LogP contribution is -2.36. The number of carboxylic acid groups (broad SMARTS) is 1. The zero-order chi connectivity index (χ0) is 25.5. The van der Waals surface area contributed by atoms with Gasteiger partial charge in [0.05, 0.1) is 36.5 Å². The Balaban J connectivity index is 1.23. The number of benzene rings is 1. The fourth-order valence-corrected chi connectivity index (χ4v) is 6.09. The van der Waals surface area contributed by atoms with Crippen molar-refractivity contribution in [2.24, 2.45) is 0 Å². The van der Waals surface area contributed by atoms with Crippen LogP contribution >= 0.6 is 22.7 Å². The minimum atomic E-state index is -0.859. The van der Waals surface area contributed by atoms with E-state index in [0.717, 1.165) is 28.9 Å². The molecular formula is C24H23N5O6S2. The molecule has 192 valence electrons. The summed E-state index contributed by atoms with van der Waals surface area (Å²) in [6.45, 7) is 1.36. The summed E-state index contributed by atoms with van der Waals surface area (Å²) in [5.41, 5.74) is 2.15. The molecule has 37 heavy (non-hydrogen) atoms. The Morgan fingerprint density at radius 1 is 1.22 bits per heavy atom. The number of rotatable bonds is 7. The maximum Gasteiger partial charge on any atom is 0.407 e. The minimum absolute atomic E-state index is 0.270. The van der Waals surface area contributed by atoms with Crippen molar-refractivity contribution in [1.29, 1.82) is 0 Å². The van der Waals surface area contributed by atoms with E-state index in [9.17, 15) is 9.90 Å². The Morgan fingerprint density at radius 3 is 2.81 bits per heavy atom. The molecule has 1 amide bonds. The first-order chi connectivity index (χ1) is 18.0. The van der Waals surface area contributed by atoms with Crippen molar-refractivity contribution >= 4 is 44.7 Å². The van der Waals surface area contributed by atoms with Gasteiger partial charge in [0.15, 0.2) is 5.76 Å². The zero-order valence-corrected chi connectivity index (χ0v) is 21.7. The second kappa shape index (κ2) is 9.56. The molecule has 0 radical (unpaired) electrons. The van der Waals surface area contributed by atoms with Gasteiger partial charge in [0.2, 0.25) is 4.96 Å². The summed E-state index contributed by atoms with van der Waals surface area (Å²) in [7, 11) is 3.17. The Morgan fingerprint density at radius 2 is 2.05 bits per heavy atom. The van der Waals surface area contributed by atoms with Gasteiger partial charge in [-0.2, -0.15) is 4.52 Å². The molecular weight excluding hydrogens is 518 g/mol. The van der Waals surface area contributed by atoms with E-state index in [2.05, 4.69) is 10.1 Å². The third-order valence-electron chi connectivity index (χ3n) is 6.36. The predicted molar refractivity (Wildman–Crippen MR) is 137 cm³/mol. The molecule has 4 aromatic heterocycles. The van der Waals surface area contributed by atoms with Crippen molar-refractivity contribution in [2.45, 2.75) is 25.4 Å². The molecule has 11 nitrogen and oxygen atoms in total. The number of furan rings is 1. The summed E-state index contributed by atoms with van der Waals surface area (Å²) in [6, 6.07) is 5.55. The van der Waals surface area contributed by atoms with Crippen molar-refractivity contribution in [3.63, 3.8) is 0 Å². The molecule has 1 aromatic carbocycles. The highest BCUT2D eigenvalue weighted by Gasteiger charge is 2.25. The number of hydrogen-bond acceptors (Lipinski definition) is 10. The van der Waals surface area contributed by atoms with Crippen molar-refractivity contribution in [1.82, 2.24) is 24.5 Å². The fraction of sp³-hybridized carbons (Fsp3) is 0.333. The van der Waals surface area contributed by atoms with Crippen LogP contribution < -0.4 is 14.2 Å². The quantitative estimate of drug-likeness (QED) is 0.299. The Hall–Kier alpha value is -3.84. The second-order valence-electron chi connectivity index (χ2n) is 8.57. The number of aromatic nitrogens is 4. The monoisotopic (exact) mass is 541 g/mol. The molecule has 0 bridgehead atoms. The van der Waals surface area contributed by atoms with Crippen LogP contribution in [0, 0.1) is 0 Å². The fourth-order valence-electron chi connectivity index (χ4n) is 4.42. The molecule has 0 unspecified atom stereocenters. The minimum Gasteiger partial charge on any atom is -0.496 e. The molecule has 1 aliphatic rings. The summed E-state index contributed by atoms with van der Waals surface area (Å²) in [5.74, 6) is 2.09. The molecule has 1 fully saturated rings. The van der Waals surface area contributed by atoms with Gasteiger partial charge in [-0.1, -0.05) is 0 Å². The Kier molecular flexibility index (Phi) is 6.08. The van der Waals surface area contributed by atoms with Crippen molar-refractivity contribution in [2.75, 3.05) is 27.3 Å². The Bertz CT molecular complexity index is 1580. The van der Waals surface area contributed by atoms with E-state index in [0.29, 0.717) is 51.8 Å². The van der Waals surface area contributed by atoms with Crippen LogP contribution in [0.2, 0.25) is 0 Å². The third-order valence-corrected chi connectivity index (χ3v) is 8.30. The first-order valence-corrected chi connectivity index (χ1v) is 13.3. The number of ether oxygens (including phenoxy) is 3. The van der Waals surface area contributed by atoms with Crippen LogP contribution in [0.5, 0.6) is 16.7 Å². The highest BCUT2D eigenvalue weighted by Crippen LogP contribution is 2.38. The molecule has 6 rings (SSSR count). The van der Waals surface area contributed by atoms with E-state index in [1.165, 1.54) is 16.2 Å². The number of hydrogen-bond donors (Lipinski definition) is 1. The summed E-state index contributed by atoms with van der Waals surface area (Å²) in [5, 5.41) is 17.9. The molecule has 1 saturated heterocycles. The largest absolute Gasteiger partial charge is 0.496 e. The van der Waals surface area contributed by atoms with Crippen LogP contribution in [0.25, 0.3) is 27.4 Å². The molecule has 0 aliphatic carbocycles. The van der Waals surface area contributed by atoms with Crippen LogP contribution in [0.15, 0.2) is 34.2 Å². The molecule has 5 aromatic rings. The van der Waals surface area contributed by atoms with Crippen LogP contribution in [0.3, 0.4) is 0 Å². The molecule has 1 N–H and O–H groups in total. The van der Waals surface area contributed by atoms with Gasteiger partial charge in [-0.25, -0.2) is 14.8 Å². The first kappa shape index (κ1) is 23.6. The lowest BCUT2D eigenvalue weighted by molar-refractivity contribution is 0.132. The zero-order valence-electron chi connectivity index (χ0n) is 20.0. The molecule has 5 heterocycles. The average molecular weight is 542 g/mol. The van der Waals surface area contributed by atoms with Crippen molar-refractivity contribution in [3.05, 3.63) is 40.5 Å². The lowest BCUT2D eigenvalue weighted by atomic mass is 9.98. The summed E-state index contributed by atoms with van der Waals surface area (Å²) >= 11 is 2.94. The predicted octanol–water partition coefficient (Wildman–Crippen LogP) is 5.11. The smallest absolute Gasteiger partial charge is 0.407 e. The van der Waals surface area contributed by atoms with Gasteiger partial charge in [-0.3, -0.25) is 0 Å². The van der Waals surface area contributed by atoms with Gasteiger partial charge < -0.3 is 28.6 Å². The van der Waals surface area contributed by atoms with Gasteiger partial charge in [-0.15, -0.1) is 16.4 Å². The molecule has 0 saturated carbocycles. The number of nitrogens with zero attached hydrogens (tertiary/aromatic N) is 5. The van der Waals surface area contributed by atoms with Crippen LogP contribution in [0.4, 0.5) is 4.79 Å². The maximum atomic E-state index is 11.2. The standard InChI is InChI=1S/C24H23N5O6S2/c1-32-15-7-18(34-11-14-12-36-21(26-14)13-3-5-28(6-4-13)24(30)31)16-9-20(35-19(16)8-15)17-10-25-22-29(17)27-23(33-2)37-22/h7-10,12-13H,3-6,11H2,1-2H3,(H,30,31). The molecule has 0 atom stereocenters. The number of thiazole rings is 1. The van der Waals surface area contributed by atoms with Crippen molar-refractivity contribution in [3.8, 4) is 28.1 Å². The van der Waals surface area contributed by atoms with E-state index in [-0.39, 0.29) is 12.5 Å². The van der Waals surface area contributed by atoms with Gasteiger partial charge >= 0.3 is 6.09 Å². The molecule has 0 spiro atoms. The van der Waals surface area contributed by atoms with Crippen molar-refractivity contribution < 1.29 is 28.5 Å². The van der Waals surface area contributed by atoms with Gasteiger partial charge in [0.25, 0.3) is 5.19 Å². The van der Waals surface area contributed by atoms with E-state index >= 15 is 0 Å². The number of likely N-dealkylation sites (tertiary alicyclic amines) is 1. The second-order valence-corrected chi connectivity index (χ2v) is 10.4. The number of amides is 1. The van der Waals surface area contributed by atoms with E-state index < -0.39 is 6.09 Å². The topological polar surface area (TPSA) is 124 Å². The first-order valence-electron chi connectivity index (χ1n) is 11.6. The van der Waals surface area contributed by atoms with Crippen LogP contribution in [0.1, 0.15) is 29.5 Å². The highest BCUT2D eigenvalue weighted by molar-refractivity contribution is 7.18. The van der Waals surface area contributed by atoms with Crippen LogP contribution in [-0.4, -0.2) is 63.0 Å². The highest BCUT2D eigenvalue weighted by atomic mass is 32.1. The van der Waals surface area contributed by atoms with Gasteiger partial charge in [0.1, 0.15) is 29.4 Å². The summed E-state index contributed by atoms with van der Waals surface area (Å²) in [4.78, 5) is 22.5. The van der Waals surface area contributed by atoms with Crippen LogP contribution in [-0.2, 0) is 6.61 Å². The third kappa shape index (κ3) is 4.44. The van der Waals surface area contributed by atoms with E-state index in [1.54, 1.807) is 36.3 Å². The van der Waals surface area contributed by atoms with E-state index in [1.807, 2.05) is 23.6 Å². The summed E-state index contributed by atoms with van der Waals surface area (Å²) < 4.78 is 24.7. The Labute approximate surface area is 218 Å². The summed E-state index contributed by atoms with van der Waals surface area (Å²) in [6.07, 6.45) is 2.41. The number of piperidine rings is 1. The number of methoxy groups -OCH3 is 2. The molecule has 1 aliphatic heterocycles. The average Bonchev–Trinajstić information content (AvgIpc) is 3.70. The number of carbonyl (C=O) groups is 1. The number of imidazole rings is 1. The van der Waals surface area contributed by atoms with Gasteiger partial charge in [-0.05, 0) is 30.2 Å². The maximum absolute atomic E-state index is 11.2. The van der Waals surface area contributed by atoms with Gasteiger partial charge in [0, 0.05) is 36.5 Å². The lowest BCUT2D eigenvalue weighted by Gasteiger charge is -2.28. The number of fused-ring (bicyclic) bond motifs is 2. The van der Waals surface area contributed by atoms with E-state index in [4.69, 9.17) is 23.6 Å². The normalized spacial score (nSPS) is 14.5. The SMILES string of the molecule is COc1cc(OCc2csc(C3CCN(C(=O)O)CC3)n2)c2cc(-c3cnc4sc(OC)nn34)oc2c1. The molecule has 13 heteroatoms.